The summed E-state index contributed by atoms with van der Waals surface area (Å²) < 4.78 is 21.2. The lowest BCUT2D eigenvalue weighted by atomic mass is 10.1. The van der Waals surface area contributed by atoms with E-state index in [0.717, 1.165) is 5.56 Å². The Balaban J connectivity index is 1.39. The first-order valence-corrected chi connectivity index (χ1v) is 11.0. The van der Waals surface area contributed by atoms with Crippen LogP contribution in [0.15, 0.2) is 72.9 Å². The van der Waals surface area contributed by atoms with Gasteiger partial charge in [0.1, 0.15) is 23.2 Å². The van der Waals surface area contributed by atoms with Crippen molar-refractivity contribution in [2.75, 3.05) is 5.32 Å². The summed E-state index contributed by atoms with van der Waals surface area (Å²) in [5.74, 6) is 0.00115. The van der Waals surface area contributed by atoms with E-state index in [2.05, 4.69) is 10.4 Å². The van der Waals surface area contributed by atoms with E-state index in [1.165, 1.54) is 23.0 Å². The maximum Gasteiger partial charge on any atom is 0.256 e. The maximum absolute atomic E-state index is 14.0. The van der Waals surface area contributed by atoms with Crippen molar-refractivity contribution in [1.29, 1.82) is 0 Å². The number of ether oxygens (including phenoxy) is 1. The van der Waals surface area contributed by atoms with Crippen molar-refractivity contribution in [3.63, 3.8) is 0 Å². The minimum atomic E-state index is -0.445. The molecule has 5 nitrogen and oxygen atoms in total. The van der Waals surface area contributed by atoms with Gasteiger partial charge < -0.3 is 10.1 Å². The standard InChI is InChI=1S/C24H17Cl3FN3O2/c25-17-3-1-4-18(11-17)33-14-15-7-9-16(10-8-15)24(32)29-23-21(27)13-31(30-23)12-19-20(26)5-2-6-22(19)28/h1-11,13H,12,14H2,(H,29,30,32). The van der Waals surface area contributed by atoms with Crippen LogP contribution in [0.1, 0.15) is 21.5 Å². The largest absolute Gasteiger partial charge is 0.489 e. The summed E-state index contributed by atoms with van der Waals surface area (Å²) in [5, 5.41) is 8.01. The first-order valence-electron chi connectivity index (χ1n) is 9.83. The highest BCUT2D eigenvalue weighted by Gasteiger charge is 2.15. The Bertz CT molecular complexity index is 1270. The molecule has 1 amide bonds. The highest BCUT2D eigenvalue weighted by molar-refractivity contribution is 6.33. The van der Waals surface area contributed by atoms with Crippen LogP contribution in [0.25, 0.3) is 0 Å². The first kappa shape index (κ1) is 23.1. The third kappa shape index (κ3) is 5.85. The Morgan fingerprint density at radius 3 is 2.48 bits per heavy atom. The molecular weight excluding hydrogens is 488 g/mol. The number of aromatic nitrogens is 2. The monoisotopic (exact) mass is 503 g/mol. The summed E-state index contributed by atoms with van der Waals surface area (Å²) in [5.41, 5.74) is 1.59. The van der Waals surface area contributed by atoms with Gasteiger partial charge in [-0.15, -0.1) is 0 Å². The fraction of sp³-hybridized carbons (Fsp3) is 0.0833. The average Bonchev–Trinajstić information content (AvgIpc) is 3.14. The third-order valence-corrected chi connectivity index (χ3v) is 5.61. The second-order valence-electron chi connectivity index (χ2n) is 7.12. The van der Waals surface area contributed by atoms with Crippen molar-refractivity contribution in [1.82, 2.24) is 9.78 Å². The zero-order chi connectivity index (χ0) is 23.4. The number of nitrogens with one attached hydrogen (secondary N) is 1. The predicted octanol–water partition coefficient (Wildman–Crippen LogP) is 6.86. The van der Waals surface area contributed by atoms with Crippen molar-refractivity contribution in [3.05, 3.63) is 111 Å². The molecule has 33 heavy (non-hydrogen) atoms. The summed E-state index contributed by atoms with van der Waals surface area (Å²) in [6.07, 6.45) is 1.50. The Labute approximate surface area is 204 Å². The van der Waals surface area contributed by atoms with Gasteiger partial charge in [-0.1, -0.05) is 59.1 Å². The van der Waals surface area contributed by atoms with Gasteiger partial charge >= 0.3 is 0 Å². The van der Waals surface area contributed by atoms with Crippen molar-refractivity contribution in [3.8, 4) is 5.75 Å². The van der Waals surface area contributed by atoms with E-state index in [4.69, 9.17) is 39.5 Å². The van der Waals surface area contributed by atoms with Crippen LogP contribution in [0, 0.1) is 5.82 Å². The summed E-state index contributed by atoms with van der Waals surface area (Å²) in [6, 6.07) is 18.5. The van der Waals surface area contributed by atoms with Gasteiger partial charge in [-0.2, -0.15) is 5.10 Å². The van der Waals surface area contributed by atoms with Crippen molar-refractivity contribution < 1.29 is 13.9 Å². The fourth-order valence-corrected chi connectivity index (χ4v) is 3.66. The van der Waals surface area contributed by atoms with E-state index in [9.17, 15) is 9.18 Å². The van der Waals surface area contributed by atoms with Crippen LogP contribution in [-0.2, 0) is 13.2 Å². The highest BCUT2D eigenvalue weighted by Crippen LogP contribution is 2.24. The molecule has 0 aliphatic carbocycles. The summed E-state index contributed by atoms with van der Waals surface area (Å²) in [4.78, 5) is 12.6. The van der Waals surface area contributed by atoms with Crippen LogP contribution in [0.3, 0.4) is 0 Å². The van der Waals surface area contributed by atoms with E-state index in [1.807, 2.05) is 12.1 Å². The SMILES string of the molecule is O=C(Nc1nn(Cc2c(F)cccc2Cl)cc1Cl)c1ccc(COc2cccc(Cl)c2)cc1. The molecule has 1 heterocycles. The molecule has 0 radical (unpaired) electrons. The van der Waals surface area contributed by atoms with Crippen molar-refractivity contribution in [2.24, 2.45) is 0 Å². The minimum Gasteiger partial charge on any atom is -0.489 e. The second-order valence-corrected chi connectivity index (χ2v) is 8.37. The third-order valence-electron chi connectivity index (χ3n) is 4.75. The molecule has 1 aromatic heterocycles. The number of amides is 1. The number of anilines is 1. The van der Waals surface area contributed by atoms with E-state index in [0.29, 0.717) is 22.9 Å². The number of halogens is 4. The van der Waals surface area contributed by atoms with Crippen LogP contribution < -0.4 is 10.1 Å². The molecule has 0 bridgehead atoms. The molecule has 168 valence electrons. The second kappa shape index (κ2) is 10.3. The molecule has 0 aliphatic heterocycles. The number of rotatable bonds is 7. The Morgan fingerprint density at radius 2 is 1.76 bits per heavy atom. The van der Waals surface area contributed by atoms with Gasteiger partial charge in [0.25, 0.3) is 5.91 Å². The van der Waals surface area contributed by atoms with Crippen LogP contribution in [0.2, 0.25) is 15.1 Å². The Hall–Kier alpha value is -3.06. The fourth-order valence-electron chi connectivity index (χ4n) is 3.06. The average molecular weight is 505 g/mol. The normalized spacial score (nSPS) is 10.8. The molecule has 4 rings (SSSR count). The van der Waals surface area contributed by atoms with Gasteiger partial charge in [-0.05, 0) is 48.0 Å². The lowest BCUT2D eigenvalue weighted by Gasteiger charge is -2.08. The van der Waals surface area contributed by atoms with Gasteiger partial charge in [-0.25, -0.2) is 4.39 Å². The molecule has 0 aliphatic rings. The van der Waals surface area contributed by atoms with Crippen LogP contribution >= 0.6 is 34.8 Å². The molecule has 0 saturated heterocycles. The highest BCUT2D eigenvalue weighted by atomic mass is 35.5. The van der Waals surface area contributed by atoms with Crippen molar-refractivity contribution in [2.45, 2.75) is 13.2 Å². The van der Waals surface area contributed by atoms with Crippen LogP contribution in [0.4, 0.5) is 10.2 Å². The summed E-state index contributed by atoms with van der Waals surface area (Å²) in [6.45, 7) is 0.402. The molecule has 0 unspecified atom stereocenters. The van der Waals surface area contributed by atoms with Crippen LogP contribution in [-0.4, -0.2) is 15.7 Å². The Kier molecular flexibility index (Phi) is 7.18. The zero-order valence-corrected chi connectivity index (χ0v) is 19.3. The summed E-state index contributed by atoms with van der Waals surface area (Å²) >= 11 is 18.2. The zero-order valence-electron chi connectivity index (χ0n) is 17.1. The molecule has 0 saturated carbocycles. The topological polar surface area (TPSA) is 56.2 Å². The molecule has 0 fully saturated rings. The van der Waals surface area contributed by atoms with Gasteiger partial charge in [0.15, 0.2) is 5.82 Å². The van der Waals surface area contributed by atoms with Gasteiger partial charge in [0.2, 0.25) is 0 Å². The minimum absolute atomic E-state index is 0.0718. The molecule has 4 aromatic rings. The molecule has 9 heteroatoms. The van der Waals surface area contributed by atoms with E-state index in [-0.39, 0.29) is 33.9 Å². The molecule has 3 aromatic carbocycles. The van der Waals surface area contributed by atoms with E-state index >= 15 is 0 Å². The van der Waals surface area contributed by atoms with Crippen molar-refractivity contribution >= 4 is 46.5 Å². The van der Waals surface area contributed by atoms with Gasteiger partial charge in [-0.3, -0.25) is 9.48 Å². The molecule has 0 atom stereocenters. The van der Waals surface area contributed by atoms with Crippen LogP contribution in [0.5, 0.6) is 5.75 Å². The first-order chi connectivity index (χ1) is 15.9. The molecular formula is C24H17Cl3FN3O2. The number of hydrogen-bond donors (Lipinski definition) is 1. The number of carbonyl (C=O) groups excluding carboxylic acids is 1. The van der Waals surface area contributed by atoms with E-state index in [1.54, 1.807) is 42.5 Å². The van der Waals surface area contributed by atoms with Gasteiger partial charge in [0, 0.05) is 27.4 Å². The predicted molar refractivity (Wildman–Crippen MR) is 128 cm³/mol. The smallest absolute Gasteiger partial charge is 0.256 e. The quantitative estimate of drug-likeness (QED) is 0.299. The lowest BCUT2D eigenvalue weighted by molar-refractivity contribution is 0.102. The number of carbonyl (C=O) groups is 1. The molecule has 1 N–H and O–H groups in total. The number of hydrogen-bond acceptors (Lipinski definition) is 3. The van der Waals surface area contributed by atoms with Gasteiger partial charge in [0.05, 0.1) is 6.54 Å². The number of benzene rings is 3. The van der Waals surface area contributed by atoms with E-state index < -0.39 is 5.82 Å². The summed E-state index contributed by atoms with van der Waals surface area (Å²) in [7, 11) is 0. The maximum atomic E-state index is 14.0. The lowest BCUT2D eigenvalue weighted by Crippen LogP contribution is -2.13. The Morgan fingerprint density at radius 1 is 1.00 bits per heavy atom. The number of nitrogens with zero attached hydrogens (tertiary/aromatic N) is 2. The molecule has 0 spiro atoms.